The molecule has 8 nitrogen and oxygen atoms in total. The molecule has 10 heteroatoms. The number of amides is 2. The summed E-state index contributed by atoms with van der Waals surface area (Å²) in [7, 11) is -2.73. The van der Waals surface area contributed by atoms with E-state index >= 15 is 0 Å². The minimum atomic E-state index is -4.18. The van der Waals surface area contributed by atoms with Gasteiger partial charge in [-0.15, -0.1) is 0 Å². The highest BCUT2D eigenvalue weighted by molar-refractivity contribution is 9.10. The summed E-state index contributed by atoms with van der Waals surface area (Å²) < 4.78 is 35.4. The number of aryl methyl sites for hydroxylation is 1. The van der Waals surface area contributed by atoms with Crippen LogP contribution >= 0.6 is 15.9 Å². The second-order valence-electron chi connectivity index (χ2n) is 9.96. The minimum Gasteiger partial charge on any atom is -0.495 e. The summed E-state index contributed by atoms with van der Waals surface area (Å²) in [5.74, 6) is -0.310. The summed E-state index contributed by atoms with van der Waals surface area (Å²) in [6, 6.07) is 19.6. The predicted molar refractivity (Wildman–Crippen MR) is 161 cm³/mol. The first-order chi connectivity index (χ1) is 18.9. The van der Waals surface area contributed by atoms with E-state index in [0.717, 1.165) is 19.9 Å². The lowest BCUT2D eigenvalue weighted by molar-refractivity contribution is -0.139. The van der Waals surface area contributed by atoms with E-state index < -0.39 is 28.5 Å². The molecule has 0 aliphatic rings. The Bertz CT molecular complexity index is 1410. The van der Waals surface area contributed by atoms with Gasteiger partial charge in [-0.3, -0.25) is 13.9 Å². The first-order valence-electron chi connectivity index (χ1n) is 13.0. The lowest BCUT2D eigenvalue weighted by Crippen LogP contribution is -2.51. The molecule has 0 fully saturated rings. The number of nitrogens with one attached hydrogen (secondary N) is 1. The van der Waals surface area contributed by atoms with Crippen molar-refractivity contribution in [1.82, 2.24) is 10.2 Å². The van der Waals surface area contributed by atoms with Crippen LogP contribution in [0.15, 0.2) is 82.2 Å². The fourth-order valence-corrected chi connectivity index (χ4v) is 5.75. The molecule has 0 aromatic heterocycles. The monoisotopic (exact) mass is 629 g/mol. The number of carbonyl (C=O) groups excluding carboxylic acids is 2. The number of nitrogens with zero attached hydrogens (tertiary/aromatic N) is 2. The first-order valence-corrected chi connectivity index (χ1v) is 15.2. The number of hydrogen-bond donors (Lipinski definition) is 1. The summed E-state index contributed by atoms with van der Waals surface area (Å²) in [4.78, 5) is 28.6. The van der Waals surface area contributed by atoms with Gasteiger partial charge in [0, 0.05) is 17.6 Å². The zero-order chi connectivity index (χ0) is 29.4. The van der Waals surface area contributed by atoms with Crippen molar-refractivity contribution in [1.29, 1.82) is 0 Å². The third-order valence-electron chi connectivity index (χ3n) is 6.33. The molecule has 0 bridgehead atoms. The van der Waals surface area contributed by atoms with Gasteiger partial charge in [0.1, 0.15) is 18.3 Å². The van der Waals surface area contributed by atoms with Gasteiger partial charge >= 0.3 is 0 Å². The number of hydrogen-bond acceptors (Lipinski definition) is 5. The lowest BCUT2D eigenvalue weighted by atomic mass is 10.1. The van der Waals surface area contributed by atoms with Gasteiger partial charge in [0.05, 0.1) is 17.7 Å². The fraction of sp³-hybridized carbons (Fsp3) is 0.333. The zero-order valence-corrected chi connectivity index (χ0v) is 25.8. The third kappa shape index (κ3) is 7.85. The van der Waals surface area contributed by atoms with Crippen LogP contribution in [0.5, 0.6) is 5.75 Å². The SMILES string of the molecule is COc1ccc(C)cc1N(CC(=O)N(Cc1ccc(Br)cc1)C(C)C(=O)NCC(C)C)S(=O)(=O)c1ccccc1. The molecule has 0 spiro atoms. The van der Waals surface area contributed by atoms with E-state index in [-0.39, 0.29) is 29.0 Å². The van der Waals surface area contributed by atoms with E-state index in [9.17, 15) is 18.0 Å². The van der Waals surface area contributed by atoms with Crippen molar-refractivity contribution in [3.05, 3.63) is 88.4 Å². The van der Waals surface area contributed by atoms with Crippen LogP contribution in [-0.2, 0) is 26.2 Å². The molecular formula is C30H36BrN3O5S. The Hall–Kier alpha value is -3.37. The predicted octanol–water partition coefficient (Wildman–Crippen LogP) is 5.15. The van der Waals surface area contributed by atoms with Gasteiger partial charge in [-0.2, -0.15) is 0 Å². The summed E-state index contributed by atoms with van der Waals surface area (Å²) in [5, 5.41) is 2.89. The van der Waals surface area contributed by atoms with Crippen molar-refractivity contribution in [2.45, 2.75) is 45.2 Å². The Kier molecular flexibility index (Phi) is 10.8. The summed E-state index contributed by atoms with van der Waals surface area (Å²) in [6.07, 6.45) is 0. The van der Waals surface area contributed by atoms with Crippen molar-refractivity contribution in [2.24, 2.45) is 5.92 Å². The molecule has 0 heterocycles. The smallest absolute Gasteiger partial charge is 0.264 e. The summed E-state index contributed by atoms with van der Waals surface area (Å²) >= 11 is 3.42. The normalized spacial score (nSPS) is 12.1. The van der Waals surface area contributed by atoms with Gasteiger partial charge in [-0.05, 0) is 67.3 Å². The number of halogens is 1. The quantitative estimate of drug-likeness (QED) is 0.299. The Morgan fingerprint density at radius 3 is 2.23 bits per heavy atom. The molecular weight excluding hydrogens is 594 g/mol. The Morgan fingerprint density at radius 2 is 1.62 bits per heavy atom. The molecule has 0 aliphatic carbocycles. The highest BCUT2D eigenvalue weighted by Crippen LogP contribution is 2.33. The number of ether oxygens (including phenoxy) is 1. The summed E-state index contributed by atoms with van der Waals surface area (Å²) in [6.45, 7) is 7.49. The average molecular weight is 631 g/mol. The molecule has 0 saturated carbocycles. The molecule has 1 N–H and O–H groups in total. The van der Waals surface area contributed by atoms with Crippen molar-refractivity contribution in [3.63, 3.8) is 0 Å². The van der Waals surface area contributed by atoms with Crippen LogP contribution < -0.4 is 14.4 Å². The lowest BCUT2D eigenvalue weighted by Gasteiger charge is -2.32. The largest absolute Gasteiger partial charge is 0.495 e. The van der Waals surface area contributed by atoms with Crippen LogP contribution in [0.25, 0.3) is 0 Å². The summed E-state index contributed by atoms with van der Waals surface area (Å²) in [5.41, 5.74) is 1.83. The molecule has 214 valence electrons. The van der Waals surface area contributed by atoms with Crippen molar-refractivity contribution < 1.29 is 22.7 Å². The number of sulfonamides is 1. The maximum Gasteiger partial charge on any atom is 0.264 e. The Morgan fingerprint density at radius 1 is 0.975 bits per heavy atom. The number of carbonyl (C=O) groups is 2. The molecule has 3 rings (SSSR count). The van der Waals surface area contributed by atoms with Gasteiger partial charge in [-0.25, -0.2) is 8.42 Å². The molecule has 3 aromatic rings. The molecule has 1 atom stereocenters. The van der Waals surface area contributed by atoms with Crippen LogP contribution in [0.2, 0.25) is 0 Å². The van der Waals surface area contributed by atoms with E-state index in [1.54, 1.807) is 43.3 Å². The van der Waals surface area contributed by atoms with Crippen LogP contribution in [0.3, 0.4) is 0 Å². The molecule has 0 radical (unpaired) electrons. The van der Waals surface area contributed by atoms with Gasteiger partial charge in [0.2, 0.25) is 11.8 Å². The number of methoxy groups -OCH3 is 1. The third-order valence-corrected chi connectivity index (χ3v) is 8.63. The number of anilines is 1. The van der Waals surface area contributed by atoms with E-state index in [1.807, 2.05) is 45.0 Å². The highest BCUT2D eigenvalue weighted by Gasteiger charge is 2.33. The van der Waals surface area contributed by atoms with Crippen molar-refractivity contribution >= 4 is 43.5 Å². The highest BCUT2D eigenvalue weighted by atomic mass is 79.9. The second kappa shape index (κ2) is 13.8. The van der Waals surface area contributed by atoms with Crippen LogP contribution in [-0.4, -0.2) is 51.4 Å². The van der Waals surface area contributed by atoms with Gasteiger partial charge in [-0.1, -0.05) is 66.2 Å². The molecule has 0 saturated heterocycles. The molecule has 0 aliphatic heterocycles. The Balaban J connectivity index is 2.06. The van der Waals surface area contributed by atoms with Gasteiger partial charge in [0.15, 0.2) is 0 Å². The van der Waals surface area contributed by atoms with E-state index in [2.05, 4.69) is 21.2 Å². The van der Waals surface area contributed by atoms with Crippen molar-refractivity contribution in [3.8, 4) is 5.75 Å². The van der Waals surface area contributed by atoms with Crippen LogP contribution in [0.4, 0.5) is 5.69 Å². The van der Waals surface area contributed by atoms with Crippen LogP contribution in [0, 0.1) is 12.8 Å². The second-order valence-corrected chi connectivity index (χ2v) is 12.7. The molecule has 2 amide bonds. The minimum absolute atomic E-state index is 0.0357. The Labute approximate surface area is 245 Å². The van der Waals surface area contributed by atoms with Crippen molar-refractivity contribution in [2.75, 3.05) is 24.5 Å². The maximum atomic E-state index is 14.0. The van der Waals surface area contributed by atoms with E-state index in [1.165, 1.54) is 24.1 Å². The molecule has 40 heavy (non-hydrogen) atoms. The standard InChI is InChI=1S/C30H36BrN3O5S/c1-21(2)18-32-30(36)23(4)33(19-24-12-14-25(31)15-13-24)29(35)20-34(27-17-22(3)11-16-28(27)39-5)40(37,38)26-9-7-6-8-10-26/h6-17,21,23H,18-20H2,1-5H3,(H,32,36). The average Bonchev–Trinajstić information content (AvgIpc) is 2.94. The zero-order valence-electron chi connectivity index (χ0n) is 23.4. The number of rotatable bonds is 12. The molecule has 1 unspecified atom stereocenters. The van der Waals surface area contributed by atoms with E-state index in [0.29, 0.717) is 12.3 Å². The first kappa shape index (κ1) is 31.2. The van der Waals surface area contributed by atoms with E-state index in [4.69, 9.17) is 4.74 Å². The number of benzene rings is 3. The van der Waals surface area contributed by atoms with Crippen LogP contribution in [0.1, 0.15) is 31.9 Å². The van der Waals surface area contributed by atoms with Gasteiger partial charge < -0.3 is 15.0 Å². The molecule has 3 aromatic carbocycles. The fourth-order valence-electron chi connectivity index (χ4n) is 4.05. The van der Waals surface area contributed by atoms with Gasteiger partial charge in [0.25, 0.3) is 10.0 Å². The topological polar surface area (TPSA) is 96.0 Å². The maximum absolute atomic E-state index is 14.0.